The van der Waals surface area contributed by atoms with Gasteiger partial charge in [0.15, 0.2) is 0 Å². The second kappa shape index (κ2) is 6.32. The van der Waals surface area contributed by atoms with E-state index in [1.807, 2.05) is 0 Å². The third-order valence-electron chi connectivity index (χ3n) is 4.59. The van der Waals surface area contributed by atoms with E-state index >= 15 is 0 Å². The smallest absolute Gasteiger partial charge is 0.140 e. The van der Waals surface area contributed by atoms with Crippen LogP contribution in [0.1, 0.15) is 18.4 Å². The van der Waals surface area contributed by atoms with Gasteiger partial charge in [-0.2, -0.15) is 0 Å². The van der Waals surface area contributed by atoms with Crippen molar-refractivity contribution >= 4 is 33.7 Å². The van der Waals surface area contributed by atoms with Crippen LogP contribution >= 0.6 is 11.3 Å². The number of thiophene rings is 1. The number of piperidine rings is 1. The molecule has 3 aromatic rings. The second-order valence-electron chi connectivity index (χ2n) is 6.38. The van der Waals surface area contributed by atoms with Gasteiger partial charge in [-0.15, -0.1) is 11.3 Å². The van der Waals surface area contributed by atoms with E-state index in [-0.39, 0.29) is 5.92 Å². The number of hydrogen-bond donors (Lipinski definition) is 0. The van der Waals surface area contributed by atoms with Crippen LogP contribution in [-0.2, 0) is 4.79 Å². The minimum absolute atomic E-state index is 0.110. The lowest BCUT2D eigenvalue weighted by Gasteiger charge is -2.31. The molecule has 2 aromatic heterocycles. The molecule has 24 heavy (non-hydrogen) atoms. The van der Waals surface area contributed by atoms with E-state index in [1.54, 1.807) is 17.7 Å². The summed E-state index contributed by atoms with van der Waals surface area (Å²) in [5.41, 5.74) is 2.47. The summed E-state index contributed by atoms with van der Waals surface area (Å²) in [5.74, 6) is 1.07. The van der Waals surface area contributed by atoms with Gasteiger partial charge in [0.1, 0.15) is 23.3 Å². The van der Waals surface area contributed by atoms with E-state index in [9.17, 15) is 4.79 Å². The minimum atomic E-state index is 0.110. The fraction of sp³-hybridized carbons (Fsp3) is 0.316. The highest BCUT2D eigenvalue weighted by Crippen LogP contribution is 2.37. The molecule has 0 amide bonds. The van der Waals surface area contributed by atoms with Crippen molar-refractivity contribution in [2.75, 3.05) is 18.0 Å². The first-order chi connectivity index (χ1) is 11.7. The van der Waals surface area contributed by atoms with Crippen molar-refractivity contribution < 1.29 is 4.79 Å². The summed E-state index contributed by atoms with van der Waals surface area (Å²) in [7, 11) is 0. The zero-order valence-electron chi connectivity index (χ0n) is 13.6. The van der Waals surface area contributed by atoms with Crippen LogP contribution in [-0.4, -0.2) is 29.3 Å². The molecule has 1 aliphatic rings. The van der Waals surface area contributed by atoms with E-state index in [4.69, 9.17) is 0 Å². The average molecular weight is 337 g/mol. The van der Waals surface area contributed by atoms with Crippen LogP contribution in [0.15, 0.2) is 36.7 Å². The number of carbonyl (C=O) groups is 1. The zero-order chi connectivity index (χ0) is 16.5. The average Bonchev–Trinajstić information content (AvgIpc) is 3.06. The Kier molecular flexibility index (Phi) is 4.02. The zero-order valence-corrected chi connectivity index (χ0v) is 14.4. The summed E-state index contributed by atoms with van der Waals surface area (Å²) in [4.78, 5) is 24.6. The fourth-order valence-corrected chi connectivity index (χ4v) is 4.27. The van der Waals surface area contributed by atoms with Crippen molar-refractivity contribution in [3.63, 3.8) is 0 Å². The standard InChI is InChI=1S/C19H19N3OS/c1-13-4-6-15(7-5-13)17-9-16-18(20-12-21-19(16)24-17)22-8-2-3-14(10-22)11-23/h4-7,9,11-12,14H,2-3,8,10H2,1H3/t14-/m0/s1. The molecule has 3 heterocycles. The molecule has 0 N–H and O–H groups in total. The third-order valence-corrected chi connectivity index (χ3v) is 5.69. The van der Waals surface area contributed by atoms with E-state index in [2.05, 4.69) is 52.1 Å². The Morgan fingerprint density at radius 1 is 1.25 bits per heavy atom. The van der Waals surface area contributed by atoms with Gasteiger partial charge in [0.2, 0.25) is 0 Å². The topological polar surface area (TPSA) is 46.1 Å². The van der Waals surface area contributed by atoms with Gasteiger partial charge in [0.25, 0.3) is 0 Å². The van der Waals surface area contributed by atoms with Gasteiger partial charge < -0.3 is 9.69 Å². The minimum Gasteiger partial charge on any atom is -0.355 e. The molecule has 0 bridgehead atoms. The second-order valence-corrected chi connectivity index (χ2v) is 7.41. The molecule has 1 atom stereocenters. The number of carbonyl (C=O) groups excluding carboxylic acids is 1. The predicted octanol–water partition coefficient (Wildman–Crippen LogP) is 4.08. The fourth-order valence-electron chi connectivity index (χ4n) is 3.27. The Labute approximate surface area is 145 Å². The Morgan fingerprint density at radius 3 is 2.88 bits per heavy atom. The summed E-state index contributed by atoms with van der Waals surface area (Å²) < 4.78 is 0. The number of hydrogen-bond acceptors (Lipinski definition) is 5. The van der Waals surface area contributed by atoms with E-state index < -0.39 is 0 Å². The Bertz CT molecular complexity index is 872. The summed E-state index contributed by atoms with van der Waals surface area (Å²) in [5, 5.41) is 1.09. The molecule has 0 saturated carbocycles. The molecule has 1 saturated heterocycles. The summed E-state index contributed by atoms with van der Waals surface area (Å²) in [6.07, 6.45) is 4.73. The molecule has 0 radical (unpaired) electrons. The molecule has 0 aliphatic carbocycles. The predicted molar refractivity (Wildman–Crippen MR) is 98.6 cm³/mol. The molecule has 1 fully saturated rings. The number of aryl methyl sites for hydroxylation is 1. The molecular formula is C19H19N3OS. The Morgan fingerprint density at radius 2 is 2.08 bits per heavy atom. The van der Waals surface area contributed by atoms with E-state index in [0.29, 0.717) is 0 Å². The number of rotatable bonds is 3. The number of anilines is 1. The van der Waals surface area contributed by atoms with E-state index in [1.165, 1.54) is 16.0 Å². The molecule has 1 aromatic carbocycles. The normalized spacial score (nSPS) is 18.0. The van der Waals surface area contributed by atoms with Crippen molar-refractivity contribution in [2.45, 2.75) is 19.8 Å². The van der Waals surface area contributed by atoms with Crippen molar-refractivity contribution in [3.8, 4) is 10.4 Å². The summed E-state index contributed by atoms with van der Waals surface area (Å²) >= 11 is 1.69. The number of benzene rings is 1. The first kappa shape index (κ1) is 15.3. The van der Waals surface area contributed by atoms with Crippen molar-refractivity contribution in [1.29, 1.82) is 0 Å². The van der Waals surface area contributed by atoms with Crippen molar-refractivity contribution in [2.24, 2.45) is 5.92 Å². The van der Waals surface area contributed by atoms with Gasteiger partial charge in [0.05, 0.1) is 5.39 Å². The monoisotopic (exact) mass is 337 g/mol. The highest BCUT2D eigenvalue weighted by Gasteiger charge is 2.22. The lowest BCUT2D eigenvalue weighted by molar-refractivity contribution is -0.111. The first-order valence-corrected chi connectivity index (χ1v) is 9.08. The quantitative estimate of drug-likeness (QED) is 0.676. The van der Waals surface area contributed by atoms with E-state index in [0.717, 1.165) is 48.3 Å². The SMILES string of the molecule is Cc1ccc(-c2cc3c(N4CCC[C@H](C=O)C4)ncnc3s2)cc1. The first-order valence-electron chi connectivity index (χ1n) is 8.26. The number of fused-ring (bicyclic) bond motifs is 1. The van der Waals surface area contributed by atoms with Crippen LogP contribution in [0.5, 0.6) is 0 Å². The molecular weight excluding hydrogens is 318 g/mol. The van der Waals surface area contributed by atoms with Gasteiger partial charge >= 0.3 is 0 Å². The number of aromatic nitrogens is 2. The van der Waals surface area contributed by atoms with Crippen molar-refractivity contribution in [1.82, 2.24) is 9.97 Å². The number of aldehydes is 1. The van der Waals surface area contributed by atoms with Crippen LogP contribution in [0, 0.1) is 12.8 Å². The van der Waals surface area contributed by atoms with Crippen molar-refractivity contribution in [3.05, 3.63) is 42.2 Å². The summed E-state index contributed by atoms with van der Waals surface area (Å²) in [6, 6.07) is 10.7. The van der Waals surface area contributed by atoms with Gasteiger partial charge in [0, 0.05) is 23.9 Å². The summed E-state index contributed by atoms with van der Waals surface area (Å²) in [6.45, 7) is 3.80. The van der Waals surface area contributed by atoms with Crippen LogP contribution in [0.25, 0.3) is 20.7 Å². The maximum Gasteiger partial charge on any atom is 0.140 e. The molecule has 0 spiro atoms. The highest BCUT2D eigenvalue weighted by atomic mass is 32.1. The lowest BCUT2D eigenvalue weighted by Crippen LogP contribution is -2.36. The molecule has 1 aliphatic heterocycles. The third kappa shape index (κ3) is 2.80. The maximum atomic E-state index is 11.2. The van der Waals surface area contributed by atoms with Gasteiger partial charge in [-0.05, 0) is 31.4 Å². The van der Waals surface area contributed by atoms with Crippen LogP contribution in [0.2, 0.25) is 0 Å². The molecule has 5 heteroatoms. The van der Waals surface area contributed by atoms with Crippen LogP contribution in [0.4, 0.5) is 5.82 Å². The van der Waals surface area contributed by atoms with Crippen LogP contribution < -0.4 is 4.90 Å². The Hall–Kier alpha value is -2.27. The van der Waals surface area contributed by atoms with Gasteiger partial charge in [-0.1, -0.05) is 29.8 Å². The molecule has 4 rings (SSSR count). The maximum absolute atomic E-state index is 11.2. The highest BCUT2D eigenvalue weighted by molar-refractivity contribution is 7.21. The molecule has 4 nitrogen and oxygen atoms in total. The lowest BCUT2D eigenvalue weighted by atomic mass is 9.99. The number of nitrogens with zero attached hydrogens (tertiary/aromatic N) is 3. The largest absolute Gasteiger partial charge is 0.355 e. The van der Waals surface area contributed by atoms with Gasteiger partial charge in [-0.3, -0.25) is 0 Å². The van der Waals surface area contributed by atoms with Crippen LogP contribution in [0.3, 0.4) is 0 Å². The van der Waals surface area contributed by atoms with Gasteiger partial charge in [-0.25, -0.2) is 9.97 Å². The molecule has 0 unspecified atom stereocenters. The molecule has 122 valence electrons. The Balaban J connectivity index is 1.74.